The smallest absolute Gasteiger partial charge is 0.338 e. The monoisotopic (exact) mass is 494 g/mol. The predicted molar refractivity (Wildman–Crippen MR) is 137 cm³/mol. The molecule has 9 nitrogen and oxygen atoms in total. The fraction of sp³-hybridized carbons (Fsp3) is 0.407. The zero-order chi connectivity index (χ0) is 25.5. The summed E-state index contributed by atoms with van der Waals surface area (Å²) in [7, 11) is 1.35. The van der Waals surface area contributed by atoms with Gasteiger partial charge in [-0.1, -0.05) is 30.3 Å². The van der Waals surface area contributed by atoms with E-state index in [1.807, 2.05) is 56.3 Å². The van der Waals surface area contributed by atoms with E-state index in [0.29, 0.717) is 42.3 Å². The Balaban J connectivity index is 1.56. The van der Waals surface area contributed by atoms with Crippen LogP contribution in [-0.2, 0) is 9.53 Å². The lowest BCUT2D eigenvalue weighted by molar-refractivity contribution is -0.136. The SMILES string of the molecule is CCOc1ccccc1C1NC(=O)NC(CN2CCN(c3ccccc3OCC)CC2)=C1C(=O)OC. The summed E-state index contributed by atoms with van der Waals surface area (Å²) in [4.78, 5) is 30.2. The number of nitrogens with one attached hydrogen (secondary N) is 2. The maximum absolute atomic E-state index is 13.0. The number of carbonyl (C=O) groups is 2. The van der Waals surface area contributed by atoms with Crippen molar-refractivity contribution in [3.63, 3.8) is 0 Å². The zero-order valence-corrected chi connectivity index (χ0v) is 21.1. The minimum Gasteiger partial charge on any atom is -0.494 e. The largest absolute Gasteiger partial charge is 0.494 e. The van der Waals surface area contributed by atoms with E-state index in [9.17, 15) is 9.59 Å². The molecule has 36 heavy (non-hydrogen) atoms. The minimum atomic E-state index is -0.677. The minimum absolute atomic E-state index is 0.363. The number of anilines is 1. The summed E-state index contributed by atoms with van der Waals surface area (Å²) in [6.07, 6.45) is 0. The lowest BCUT2D eigenvalue weighted by Gasteiger charge is -2.38. The van der Waals surface area contributed by atoms with Crippen LogP contribution in [0.4, 0.5) is 10.5 Å². The molecular formula is C27H34N4O5. The molecule has 2 amide bonds. The lowest BCUT2D eigenvalue weighted by Crippen LogP contribution is -2.51. The molecule has 0 spiro atoms. The van der Waals surface area contributed by atoms with Crippen molar-refractivity contribution in [3.05, 3.63) is 65.4 Å². The first-order valence-electron chi connectivity index (χ1n) is 12.3. The van der Waals surface area contributed by atoms with Crippen LogP contribution in [-0.4, -0.2) is 69.9 Å². The molecule has 1 atom stereocenters. The normalized spacial score (nSPS) is 18.4. The summed E-state index contributed by atoms with van der Waals surface area (Å²) in [5, 5.41) is 5.74. The highest BCUT2D eigenvalue weighted by atomic mass is 16.5. The Labute approximate surface area is 212 Å². The molecule has 0 bridgehead atoms. The van der Waals surface area contributed by atoms with Gasteiger partial charge >= 0.3 is 12.0 Å². The second-order valence-electron chi connectivity index (χ2n) is 8.55. The van der Waals surface area contributed by atoms with Gasteiger partial charge in [-0.15, -0.1) is 0 Å². The first-order valence-corrected chi connectivity index (χ1v) is 12.3. The van der Waals surface area contributed by atoms with Crippen molar-refractivity contribution in [2.45, 2.75) is 19.9 Å². The Kier molecular flexibility index (Phi) is 8.32. The number of nitrogens with zero attached hydrogens (tertiary/aromatic N) is 2. The van der Waals surface area contributed by atoms with Crippen molar-refractivity contribution < 1.29 is 23.8 Å². The third kappa shape index (κ3) is 5.57. The Morgan fingerprint density at radius 1 is 0.944 bits per heavy atom. The molecule has 2 aromatic carbocycles. The molecular weight excluding hydrogens is 460 g/mol. The summed E-state index contributed by atoms with van der Waals surface area (Å²) in [5.74, 6) is 1.01. The van der Waals surface area contributed by atoms with Crippen LogP contribution in [0.25, 0.3) is 0 Å². The maximum atomic E-state index is 13.0. The van der Waals surface area contributed by atoms with Crippen LogP contribution in [0.3, 0.4) is 0 Å². The van der Waals surface area contributed by atoms with Crippen LogP contribution < -0.4 is 25.0 Å². The molecule has 4 rings (SSSR count). The Morgan fingerprint density at radius 3 is 2.28 bits per heavy atom. The highest BCUT2D eigenvalue weighted by Crippen LogP contribution is 2.34. The van der Waals surface area contributed by atoms with Crippen molar-refractivity contribution in [1.82, 2.24) is 15.5 Å². The molecule has 2 N–H and O–H groups in total. The van der Waals surface area contributed by atoms with E-state index in [4.69, 9.17) is 14.2 Å². The highest BCUT2D eigenvalue weighted by Gasteiger charge is 2.36. The summed E-state index contributed by atoms with van der Waals surface area (Å²) in [6, 6.07) is 14.4. The highest BCUT2D eigenvalue weighted by molar-refractivity contribution is 5.95. The third-order valence-corrected chi connectivity index (χ3v) is 6.35. The van der Waals surface area contributed by atoms with Crippen LogP contribution in [0.2, 0.25) is 0 Å². The Bertz CT molecular complexity index is 1110. The van der Waals surface area contributed by atoms with Crippen molar-refractivity contribution in [2.75, 3.05) is 57.9 Å². The topological polar surface area (TPSA) is 92.4 Å². The van der Waals surface area contributed by atoms with Gasteiger partial charge in [-0.25, -0.2) is 9.59 Å². The number of esters is 1. The van der Waals surface area contributed by atoms with Gasteiger partial charge in [-0.3, -0.25) is 4.90 Å². The molecule has 1 fully saturated rings. The summed E-state index contributed by atoms with van der Waals surface area (Å²) in [6.45, 7) is 8.51. The molecule has 1 unspecified atom stereocenters. The van der Waals surface area contributed by atoms with E-state index in [1.54, 1.807) is 0 Å². The number of hydrogen-bond donors (Lipinski definition) is 2. The molecule has 1 saturated heterocycles. The van der Waals surface area contributed by atoms with Gasteiger partial charge in [-0.2, -0.15) is 0 Å². The summed E-state index contributed by atoms with van der Waals surface area (Å²) >= 11 is 0. The number of carbonyl (C=O) groups excluding carboxylic acids is 2. The van der Waals surface area contributed by atoms with E-state index in [0.717, 1.165) is 37.6 Å². The molecule has 2 aliphatic rings. The molecule has 192 valence electrons. The van der Waals surface area contributed by atoms with E-state index >= 15 is 0 Å². The van der Waals surface area contributed by atoms with Gasteiger partial charge in [0.25, 0.3) is 0 Å². The van der Waals surface area contributed by atoms with E-state index in [2.05, 4.69) is 26.5 Å². The fourth-order valence-corrected chi connectivity index (χ4v) is 4.70. The Hall–Kier alpha value is -3.72. The number of ether oxygens (including phenoxy) is 3. The Morgan fingerprint density at radius 2 is 1.58 bits per heavy atom. The average molecular weight is 495 g/mol. The number of amides is 2. The van der Waals surface area contributed by atoms with Gasteiger partial charge in [0.2, 0.25) is 0 Å². The standard InChI is InChI=1S/C27H34N4O5/c1-4-35-22-12-8-6-10-19(22)25-24(26(32)34-3)20(28-27(33)29-25)18-30-14-16-31(17-15-30)21-11-7-9-13-23(21)36-5-2/h6-13,25H,4-5,14-18H2,1-3H3,(H2,28,29,33). The second kappa shape index (κ2) is 11.8. The molecule has 0 aliphatic carbocycles. The molecule has 0 saturated carbocycles. The summed E-state index contributed by atoms with van der Waals surface area (Å²) in [5.41, 5.74) is 2.72. The van der Waals surface area contributed by atoms with Crippen molar-refractivity contribution in [2.24, 2.45) is 0 Å². The molecule has 2 aliphatic heterocycles. The second-order valence-corrected chi connectivity index (χ2v) is 8.55. The van der Waals surface area contributed by atoms with Crippen molar-refractivity contribution in [3.8, 4) is 11.5 Å². The van der Waals surface area contributed by atoms with Gasteiger partial charge in [0.1, 0.15) is 11.5 Å². The number of hydrogen-bond acceptors (Lipinski definition) is 7. The summed E-state index contributed by atoms with van der Waals surface area (Å²) < 4.78 is 16.7. The number of rotatable bonds is 9. The predicted octanol–water partition coefficient (Wildman–Crippen LogP) is 3.09. The van der Waals surface area contributed by atoms with Gasteiger partial charge < -0.3 is 29.7 Å². The third-order valence-electron chi connectivity index (χ3n) is 6.35. The van der Waals surface area contributed by atoms with Crippen LogP contribution in [0, 0.1) is 0 Å². The molecule has 2 heterocycles. The van der Waals surface area contributed by atoms with Crippen LogP contribution in [0.1, 0.15) is 25.5 Å². The maximum Gasteiger partial charge on any atom is 0.338 e. The molecule has 9 heteroatoms. The van der Waals surface area contributed by atoms with Gasteiger partial charge in [-0.05, 0) is 32.0 Å². The quantitative estimate of drug-likeness (QED) is 0.518. The molecule has 2 aromatic rings. The molecule has 0 radical (unpaired) electrons. The van der Waals surface area contributed by atoms with E-state index < -0.39 is 12.0 Å². The van der Waals surface area contributed by atoms with E-state index in [-0.39, 0.29) is 6.03 Å². The molecule has 0 aromatic heterocycles. The van der Waals surface area contributed by atoms with Crippen molar-refractivity contribution >= 4 is 17.7 Å². The number of benzene rings is 2. The van der Waals surface area contributed by atoms with Crippen molar-refractivity contribution in [1.29, 1.82) is 0 Å². The first-order chi connectivity index (χ1) is 17.5. The van der Waals surface area contributed by atoms with Crippen LogP contribution in [0.5, 0.6) is 11.5 Å². The van der Waals surface area contributed by atoms with Crippen LogP contribution in [0.15, 0.2) is 59.8 Å². The number of urea groups is 1. The van der Waals surface area contributed by atoms with Gasteiger partial charge in [0.05, 0.1) is 37.6 Å². The fourth-order valence-electron chi connectivity index (χ4n) is 4.70. The van der Waals surface area contributed by atoms with Gasteiger partial charge in [0, 0.05) is 44.0 Å². The number of piperazine rings is 1. The zero-order valence-electron chi connectivity index (χ0n) is 21.1. The number of methoxy groups -OCH3 is 1. The first kappa shape index (κ1) is 25.4. The van der Waals surface area contributed by atoms with E-state index in [1.165, 1.54) is 7.11 Å². The van der Waals surface area contributed by atoms with Crippen LogP contribution >= 0.6 is 0 Å². The number of para-hydroxylation sites is 3. The lowest BCUT2D eigenvalue weighted by atomic mass is 9.94. The average Bonchev–Trinajstić information content (AvgIpc) is 2.89. The van der Waals surface area contributed by atoms with Gasteiger partial charge in [0.15, 0.2) is 0 Å².